The van der Waals surface area contributed by atoms with Crippen LogP contribution in [-0.4, -0.2) is 0 Å². The number of nitriles is 2. The monoisotopic (exact) mass is 168 g/mol. The molecule has 0 aromatic carbocycles. The molecule has 1 rings (SSSR count). The SMILES string of the molecule is N#Cc1sc(=O)sc1C#N. The van der Waals surface area contributed by atoms with Gasteiger partial charge in [-0.2, -0.15) is 10.5 Å². The van der Waals surface area contributed by atoms with E-state index in [1.807, 2.05) is 0 Å². The Morgan fingerprint density at radius 1 is 1.10 bits per heavy atom. The second kappa shape index (κ2) is 2.61. The minimum Gasteiger partial charge on any atom is -0.265 e. The zero-order valence-corrected chi connectivity index (χ0v) is 6.25. The molecule has 5 heteroatoms. The summed E-state index contributed by atoms with van der Waals surface area (Å²) in [7, 11) is 0. The Kier molecular flexibility index (Phi) is 1.81. The van der Waals surface area contributed by atoms with Gasteiger partial charge < -0.3 is 0 Å². The minimum atomic E-state index is -0.201. The van der Waals surface area contributed by atoms with Crippen molar-refractivity contribution >= 4 is 22.7 Å². The molecule has 0 aliphatic heterocycles. The summed E-state index contributed by atoms with van der Waals surface area (Å²) in [6.45, 7) is 0. The van der Waals surface area contributed by atoms with Crippen molar-refractivity contribution < 1.29 is 0 Å². The zero-order valence-electron chi connectivity index (χ0n) is 4.62. The smallest absolute Gasteiger partial charge is 0.265 e. The van der Waals surface area contributed by atoms with Gasteiger partial charge in [-0.15, -0.1) is 0 Å². The van der Waals surface area contributed by atoms with E-state index in [0.29, 0.717) is 0 Å². The predicted molar refractivity (Wildman–Crippen MR) is 37.9 cm³/mol. The van der Waals surface area contributed by atoms with Gasteiger partial charge in [0.2, 0.25) is 0 Å². The molecule has 48 valence electrons. The molecular formula is C5N2OS2. The van der Waals surface area contributed by atoms with E-state index in [9.17, 15) is 4.79 Å². The minimum absolute atomic E-state index is 0.201. The highest BCUT2D eigenvalue weighted by Crippen LogP contribution is 2.13. The molecule has 0 saturated carbocycles. The molecule has 10 heavy (non-hydrogen) atoms. The van der Waals surface area contributed by atoms with Crippen LogP contribution in [0.1, 0.15) is 9.75 Å². The topological polar surface area (TPSA) is 64.7 Å². The standard InChI is InChI=1S/C5N2OS2/c6-1-3-4(2-7)10-5(8)9-3. The molecule has 0 unspecified atom stereocenters. The molecule has 0 saturated heterocycles. The normalized spacial score (nSPS) is 8.20. The summed E-state index contributed by atoms with van der Waals surface area (Å²) in [6, 6.07) is 3.55. The maximum Gasteiger partial charge on any atom is 0.289 e. The van der Waals surface area contributed by atoms with Gasteiger partial charge in [-0.3, -0.25) is 4.79 Å². The number of nitrogens with zero attached hydrogens (tertiary/aromatic N) is 2. The first kappa shape index (κ1) is 6.94. The van der Waals surface area contributed by atoms with Crippen LogP contribution in [0.4, 0.5) is 0 Å². The third-order valence-corrected chi connectivity index (χ3v) is 2.74. The maximum absolute atomic E-state index is 10.6. The molecule has 0 atom stereocenters. The maximum atomic E-state index is 10.6. The first-order chi connectivity index (χ1) is 4.77. The Bertz CT molecular complexity index is 341. The quantitative estimate of drug-likeness (QED) is 0.578. The lowest BCUT2D eigenvalue weighted by Gasteiger charge is -1.71. The number of hydrogen-bond acceptors (Lipinski definition) is 5. The van der Waals surface area contributed by atoms with Crippen LogP contribution in [0.2, 0.25) is 0 Å². The fraction of sp³-hybridized carbons (Fsp3) is 0. The van der Waals surface area contributed by atoms with Gasteiger partial charge in [0.1, 0.15) is 21.9 Å². The predicted octanol–water partition coefficient (Wildman–Crippen LogP) is 0.913. The van der Waals surface area contributed by atoms with Gasteiger partial charge in [0.25, 0.3) is 4.06 Å². The lowest BCUT2D eigenvalue weighted by Crippen LogP contribution is -1.73. The first-order valence-corrected chi connectivity index (χ1v) is 3.85. The van der Waals surface area contributed by atoms with Crippen LogP contribution in [0.5, 0.6) is 0 Å². The van der Waals surface area contributed by atoms with Crippen molar-refractivity contribution in [2.75, 3.05) is 0 Å². The van der Waals surface area contributed by atoms with E-state index >= 15 is 0 Å². The Hall–Kier alpha value is -1.17. The molecule has 0 aliphatic rings. The van der Waals surface area contributed by atoms with Crippen molar-refractivity contribution in [2.45, 2.75) is 0 Å². The summed E-state index contributed by atoms with van der Waals surface area (Å²) in [5.74, 6) is 0. The fourth-order valence-corrected chi connectivity index (χ4v) is 2.05. The molecule has 0 radical (unpaired) electrons. The molecule has 1 aromatic rings. The van der Waals surface area contributed by atoms with Crippen LogP contribution in [0.25, 0.3) is 0 Å². The van der Waals surface area contributed by atoms with Gasteiger partial charge in [0.15, 0.2) is 0 Å². The lowest BCUT2D eigenvalue weighted by atomic mass is 10.5. The van der Waals surface area contributed by atoms with E-state index in [1.165, 1.54) is 0 Å². The third-order valence-electron chi connectivity index (χ3n) is 0.780. The summed E-state index contributed by atoms with van der Waals surface area (Å²) < 4.78 is -0.201. The van der Waals surface area contributed by atoms with E-state index in [-0.39, 0.29) is 13.8 Å². The van der Waals surface area contributed by atoms with Crippen LogP contribution in [-0.2, 0) is 0 Å². The largest absolute Gasteiger partial charge is 0.289 e. The van der Waals surface area contributed by atoms with Gasteiger partial charge in [-0.05, 0) is 0 Å². The highest BCUT2D eigenvalue weighted by molar-refractivity contribution is 7.28. The summed E-state index contributed by atoms with van der Waals surface area (Å²) in [5, 5.41) is 16.7. The third kappa shape index (κ3) is 1.06. The molecule has 0 N–H and O–H groups in total. The van der Waals surface area contributed by atoms with Crippen molar-refractivity contribution in [3.63, 3.8) is 0 Å². The van der Waals surface area contributed by atoms with Crippen molar-refractivity contribution in [2.24, 2.45) is 0 Å². The molecular weight excluding hydrogens is 168 g/mol. The highest BCUT2D eigenvalue weighted by Gasteiger charge is 2.05. The molecule has 1 heterocycles. The molecule has 0 aliphatic carbocycles. The molecule has 3 nitrogen and oxygen atoms in total. The van der Waals surface area contributed by atoms with Crippen LogP contribution in [0.15, 0.2) is 4.79 Å². The molecule has 0 spiro atoms. The highest BCUT2D eigenvalue weighted by atomic mass is 32.2. The second-order valence-corrected chi connectivity index (χ2v) is 3.56. The average Bonchev–Trinajstić information content (AvgIpc) is 2.30. The summed E-state index contributed by atoms with van der Waals surface area (Å²) in [6.07, 6.45) is 0. The van der Waals surface area contributed by atoms with Gasteiger partial charge in [0.05, 0.1) is 0 Å². The number of hydrogen-bond donors (Lipinski definition) is 0. The zero-order chi connectivity index (χ0) is 7.56. The Balaban J connectivity index is 3.43. The molecule has 0 amide bonds. The van der Waals surface area contributed by atoms with E-state index in [1.54, 1.807) is 12.1 Å². The van der Waals surface area contributed by atoms with E-state index < -0.39 is 0 Å². The molecule has 0 fully saturated rings. The van der Waals surface area contributed by atoms with Crippen LogP contribution in [0.3, 0.4) is 0 Å². The van der Waals surface area contributed by atoms with Crippen molar-refractivity contribution in [1.82, 2.24) is 0 Å². The van der Waals surface area contributed by atoms with Crippen molar-refractivity contribution in [3.05, 3.63) is 18.6 Å². The molecule has 1 aromatic heterocycles. The Morgan fingerprint density at radius 2 is 1.50 bits per heavy atom. The van der Waals surface area contributed by atoms with E-state index in [0.717, 1.165) is 22.7 Å². The number of rotatable bonds is 0. The Morgan fingerprint density at radius 3 is 1.80 bits per heavy atom. The van der Waals surface area contributed by atoms with Crippen LogP contribution in [0, 0.1) is 22.7 Å². The lowest BCUT2D eigenvalue weighted by molar-refractivity contribution is 1.50. The average molecular weight is 168 g/mol. The fourth-order valence-electron chi connectivity index (χ4n) is 0.427. The van der Waals surface area contributed by atoms with Gasteiger partial charge in [-0.25, -0.2) is 0 Å². The second-order valence-electron chi connectivity index (χ2n) is 1.34. The van der Waals surface area contributed by atoms with Gasteiger partial charge >= 0.3 is 0 Å². The summed E-state index contributed by atoms with van der Waals surface area (Å²) in [5.41, 5.74) is 0. The first-order valence-electron chi connectivity index (χ1n) is 2.22. The van der Waals surface area contributed by atoms with E-state index in [4.69, 9.17) is 10.5 Å². The van der Waals surface area contributed by atoms with E-state index in [2.05, 4.69) is 0 Å². The van der Waals surface area contributed by atoms with Gasteiger partial charge in [0, 0.05) is 0 Å². The summed E-state index contributed by atoms with van der Waals surface area (Å²) in [4.78, 5) is 11.0. The molecule has 0 bridgehead atoms. The van der Waals surface area contributed by atoms with Crippen molar-refractivity contribution in [1.29, 1.82) is 10.5 Å². The van der Waals surface area contributed by atoms with Gasteiger partial charge in [-0.1, -0.05) is 22.7 Å². The summed E-state index contributed by atoms with van der Waals surface area (Å²) >= 11 is 1.64. The van der Waals surface area contributed by atoms with Crippen LogP contribution < -0.4 is 4.06 Å². The Labute approximate surface area is 64.4 Å². The van der Waals surface area contributed by atoms with Crippen molar-refractivity contribution in [3.8, 4) is 12.1 Å². The van der Waals surface area contributed by atoms with Crippen LogP contribution >= 0.6 is 22.7 Å².